The lowest BCUT2D eigenvalue weighted by atomic mass is 10.3. The van der Waals surface area contributed by atoms with Crippen LogP contribution in [0.1, 0.15) is 18.8 Å². The van der Waals surface area contributed by atoms with Crippen molar-refractivity contribution in [3.8, 4) is 0 Å². The average molecular weight is 275 g/mol. The quantitative estimate of drug-likeness (QED) is 0.869. The molecule has 1 unspecified atom stereocenters. The molecule has 2 heterocycles. The highest BCUT2D eigenvalue weighted by Crippen LogP contribution is 2.27. The van der Waals surface area contributed by atoms with E-state index in [0.717, 1.165) is 15.9 Å². The first kappa shape index (κ1) is 9.96. The molecular formula is C9H9BrClN3. The van der Waals surface area contributed by atoms with Crippen molar-refractivity contribution in [2.24, 2.45) is 5.73 Å². The lowest BCUT2D eigenvalue weighted by Crippen LogP contribution is -2.09. The molecule has 0 saturated carbocycles. The second-order valence-corrected chi connectivity index (χ2v) is 4.28. The lowest BCUT2D eigenvalue weighted by Gasteiger charge is -2.03. The second-order valence-electron chi connectivity index (χ2n) is 3.12. The Hall–Kier alpha value is -0.580. The summed E-state index contributed by atoms with van der Waals surface area (Å²) in [7, 11) is 0. The van der Waals surface area contributed by atoms with Gasteiger partial charge in [0.15, 0.2) is 0 Å². The van der Waals surface area contributed by atoms with Gasteiger partial charge in [0.1, 0.15) is 10.4 Å². The van der Waals surface area contributed by atoms with E-state index >= 15 is 0 Å². The molecule has 1 atom stereocenters. The lowest BCUT2D eigenvalue weighted by molar-refractivity contribution is 0.735. The molecule has 14 heavy (non-hydrogen) atoms. The highest BCUT2D eigenvalue weighted by molar-refractivity contribution is 9.10. The zero-order valence-corrected chi connectivity index (χ0v) is 9.88. The molecule has 0 fully saturated rings. The van der Waals surface area contributed by atoms with Crippen molar-refractivity contribution in [3.63, 3.8) is 0 Å². The summed E-state index contributed by atoms with van der Waals surface area (Å²) in [5.41, 5.74) is 6.66. The summed E-state index contributed by atoms with van der Waals surface area (Å²) in [5, 5.41) is 0.666. The summed E-state index contributed by atoms with van der Waals surface area (Å²) in [6.07, 6.45) is 1.90. The van der Waals surface area contributed by atoms with E-state index in [4.69, 9.17) is 17.3 Å². The van der Waals surface area contributed by atoms with Crippen molar-refractivity contribution >= 4 is 33.0 Å². The fourth-order valence-corrected chi connectivity index (χ4v) is 2.35. The largest absolute Gasteiger partial charge is 0.322 e. The van der Waals surface area contributed by atoms with E-state index in [9.17, 15) is 0 Å². The molecular weight excluding hydrogens is 265 g/mol. The maximum Gasteiger partial charge on any atom is 0.133 e. The molecule has 0 bridgehead atoms. The Morgan fingerprint density at radius 1 is 1.64 bits per heavy atom. The van der Waals surface area contributed by atoms with Crippen LogP contribution in [0.25, 0.3) is 5.52 Å². The number of fused-ring (bicyclic) bond motifs is 1. The van der Waals surface area contributed by atoms with Crippen LogP contribution in [0.2, 0.25) is 5.02 Å². The first-order valence-electron chi connectivity index (χ1n) is 4.19. The van der Waals surface area contributed by atoms with Gasteiger partial charge in [-0.1, -0.05) is 11.6 Å². The summed E-state index contributed by atoms with van der Waals surface area (Å²) in [4.78, 5) is 4.32. The maximum atomic E-state index is 6.05. The molecule has 0 aromatic carbocycles. The molecule has 2 N–H and O–H groups in total. The topological polar surface area (TPSA) is 43.3 Å². The number of hydrogen-bond acceptors (Lipinski definition) is 2. The smallest absolute Gasteiger partial charge is 0.133 e. The van der Waals surface area contributed by atoms with Gasteiger partial charge in [-0.25, -0.2) is 4.98 Å². The van der Waals surface area contributed by atoms with Crippen molar-refractivity contribution in [2.75, 3.05) is 0 Å². The number of hydrogen-bond donors (Lipinski definition) is 1. The first-order chi connectivity index (χ1) is 6.61. The standard InChI is InChI=1S/C9H9BrClN3/c1-5(12)9-13-8(10)7-6(11)3-2-4-14(7)9/h2-5H,12H2,1H3. The van der Waals surface area contributed by atoms with Crippen LogP contribution in [-0.2, 0) is 0 Å². The van der Waals surface area contributed by atoms with E-state index in [2.05, 4.69) is 20.9 Å². The maximum absolute atomic E-state index is 6.05. The van der Waals surface area contributed by atoms with Crippen molar-refractivity contribution in [1.29, 1.82) is 0 Å². The van der Waals surface area contributed by atoms with Gasteiger partial charge in [-0.15, -0.1) is 0 Å². The fourth-order valence-electron chi connectivity index (χ4n) is 1.40. The van der Waals surface area contributed by atoms with Crippen molar-refractivity contribution < 1.29 is 0 Å². The third-order valence-electron chi connectivity index (χ3n) is 2.01. The number of rotatable bonds is 1. The fraction of sp³-hybridized carbons (Fsp3) is 0.222. The van der Waals surface area contributed by atoms with E-state index in [1.807, 2.05) is 29.7 Å². The van der Waals surface area contributed by atoms with Gasteiger partial charge in [0.25, 0.3) is 0 Å². The van der Waals surface area contributed by atoms with Gasteiger partial charge in [-0.2, -0.15) is 0 Å². The molecule has 3 nitrogen and oxygen atoms in total. The van der Waals surface area contributed by atoms with Gasteiger partial charge in [-0.05, 0) is 35.0 Å². The van der Waals surface area contributed by atoms with Crippen LogP contribution in [0.15, 0.2) is 22.9 Å². The minimum Gasteiger partial charge on any atom is -0.322 e. The Labute approximate surface area is 95.0 Å². The van der Waals surface area contributed by atoms with Crippen LogP contribution in [0.3, 0.4) is 0 Å². The van der Waals surface area contributed by atoms with Gasteiger partial charge in [0.2, 0.25) is 0 Å². The third kappa shape index (κ3) is 1.43. The molecule has 2 aromatic heterocycles. The third-order valence-corrected chi connectivity index (χ3v) is 2.86. The van der Waals surface area contributed by atoms with Crippen molar-refractivity contribution in [1.82, 2.24) is 9.38 Å². The van der Waals surface area contributed by atoms with Crippen LogP contribution in [0.4, 0.5) is 0 Å². The van der Waals surface area contributed by atoms with Crippen LogP contribution in [0.5, 0.6) is 0 Å². The van der Waals surface area contributed by atoms with Crippen LogP contribution < -0.4 is 5.73 Å². The van der Waals surface area contributed by atoms with Gasteiger partial charge < -0.3 is 5.73 Å². The molecule has 0 amide bonds. The highest BCUT2D eigenvalue weighted by Gasteiger charge is 2.13. The number of imidazole rings is 1. The van der Waals surface area contributed by atoms with E-state index in [0.29, 0.717) is 5.02 Å². The molecule has 2 aromatic rings. The summed E-state index contributed by atoms with van der Waals surface area (Å²) in [6, 6.07) is 3.58. The van der Waals surface area contributed by atoms with Gasteiger partial charge in [-0.3, -0.25) is 4.40 Å². The molecule has 0 aliphatic carbocycles. The van der Waals surface area contributed by atoms with Crippen LogP contribution in [0, 0.1) is 0 Å². The molecule has 74 valence electrons. The summed E-state index contributed by atoms with van der Waals surface area (Å²) in [5.74, 6) is 0.800. The predicted octanol–water partition coefficient (Wildman–Crippen LogP) is 2.77. The molecule has 2 rings (SSSR count). The summed E-state index contributed by atoms with van der Waals surface area (Å²) < 4.78 is 2.63. The number of nitrogens with zero attached hydrogens (tertiary/aromatic N) is 2. The van der Waals surface area contributed by atoms with E-state index in [1.54, 1.807) is 0 Å². The molecule has 5 heteroatoms. The average Bonchev–Trinajstić information content (AvgIpc) is 2.45. The van der Waals surface area contributed by atoms with Gasteiger partial charge in [0.05, 0.1) is 16.6 Å². The van der Waals surface area contributed by atoms with E-state index in [1.165, 1.54) is 0 Å². The highest BCUT2D eigenvalue weighted by atomic mass is 79.9. The number of pyridine rings is 1. The normalized spacial score (nSPS) is 13.4. The Kier molecular flexibility index (Phi) is 2.51. The van der Waals surface area contributed by atoms with Crippen LogP contribution in [-0.4, -0.2) is 9.38 Å². The van der Waals surface area contributed by atoms with E-state index in [-0.39, 0.29) is 6.04 Å². The van der Waals surface area contributed by atoms with Crippen molar-refractivity contribution in [2.45, 2.75) is 13.0 Å². The Bertz CT molecular complexity index is 478. The molecule has 0 aliphatic rings. The van der Waals surface area contributed by atoms with Gasteiger partial charge >= 0.3 is 0 Å². The number of nitrogens with two attached hydrogens (primary N) is 1. The van der Waals surface area contributed by atoms with E-state index < -0.39 is 0 Å². The zero-order chi connectivity index (χ0) is 10.3. The first-order valence-corrected chi connectivity index (χ1v) is 5.36. The Morgan fingerprint density at radius 3 is 3.00 bits per heavy atom. The number of aromatic nitrogens is 2. The van der Waals surface area contributed by atoms with Gasteiger partial charge in [0, 0.05) is 6.20 Å². The minimum atomic E-state index is -0.118. The second kappa shape index (κ2) is 3.53. The summed E-state index contributed by atoms with van der Waals surface area (Å²) >= 11 is 9.41. The molecule has 0 spiro atoms. The number of halogens is 2. The molecule has 0 saturated heterocycles. The molecule has 0 aliphatic heterocycles. The Morgan fingerprint density at radius 2 is 2.36 bits per heavy atom. The monoisotopic (exact) mass is 273 g/mol. The van der Waals surface area contributed by atoms with Crippen LogP contribution >= 0.6 is 27.5 Å². The molecule has 0 radical (unpaired) electrons. The summed E-state index contributed by atoms with van der Waals surface area (Å²) in [6.45, 7) is 1.89. The predicted molar refractivity (Wildman–Crippen MR) is 60.5 cm³/mol. The minimum absolute atomic E-state index is 0.118. The SMILES string of the molecule is CC(N)c1nc(Br)c2c(Cl)cccn12. The van der Waals surface area contributed by atoms with Crippen molar-refractivity contribution in [3.05, 3.63) is 33.8 Å². The Balaban J connectivity index is 2.84. The zero-order valence-electron chi connectivity index (χ0n) is 7.54.